The lowest BCUT2D eigenvalue weighted by Crippen LogP contribution is -1.96. The first kappa shape index (κ1) is 9.28. The molecule has 1 heterocycles. The van der Waals surface area contributed by atoms with Crippen LogP contribution in [0.5, 0.6) is 0 Å². The van der Waals surface area contributed by atoms with E-state index in [9.17, 15) is 0 Å². The maximum Gasteiger partial charge on any atom is 0.0621 e. The van der Waals surface area contributed by atoms with E-state index in [1.807, 2.05) is 21.6 Å². The normalized spacial score (nSPS) is 23.4. The molecule has 1 aliphatic rings. The summed E-state index contributed by atoms with van der Waals surface area (Å²) in [7, 11) is 4.03. The summed E-state index contributed by atoms with van der Waals surface area (Å²) in [4.78, 5) is 0. The Labute approximate surface area is 76.3 Å². The quantitative estimate of drug-likeness (QED) is 0.499. The molecular formula is C8H13NS2. The van der Waals surface area contributed by atoms with E-state index >= 15 is 0 Å². The van der Waals surface area contributed by atoms with Gasteiger partial charge in [0.15, 0.2) is 0 Å². The fourth-order valence-corrected chi connectivity index (χ4v) is 4.17. The van der Waals surface area contributed by atoms with Gasteiger partial charge in [-0.1, -0.05) is 28.0 Å². The van der Waals surface area contributed by atoms with E-state index < -0.39 is 0 Å². The average Bonchev–Trinajstić information content (AvgIpc) is 2.50. The van der Waals surface area contributed by atoms with Crippen LogP contribution in [-0.4, -0.2) is 11.0 Å². The molecule has 3 heteroatoms. The van der Waals surface area contributed by atoms with E-state index in [-0.39, 0.29) is 0 Å². The molecule has 0 saturated carbocycles. The van der Waals surface area contributed by atoms with Crippen LogP contribution in [0.25, 0.3) is 0 Å². The van der Waals surface area contributed by atoms with Crippen LogP contribution in [0.15, 0.2) is 0 Å². The minimum absolute atomic E-state index is 0.741. The molecule has 1 atom stereocenters. The molecule has 1 rings (SSSR count). The average molecular weight is 187 g/mol. The van der Waals surface area contributed by atoms with Crippen LogP contribution in [0.3, 0.4) is 0 Å². The van der Waals surface area contributed by atoms with E-state index in [0.29, 0.717) is 0 Å². The van der Waals surface area contributed by atoms with E-state index in [4.69, 9.17) is 5.26 Å². The Bertz CT molecular complexity index is 136. The van der Waals surface area contributed by atoms with Crippen molar-refractivity contribution in [3.63, 3.8) is 0 Å². The first-order valence-electron chi connectivity index (χ1n) is 4.08. The van der Waals surface area contributed by atoms with Gasteiger partial charge in [-0.25, -0.2) is 0 Å². The number of hydrogen-bond donors (Lipinski definition) is 0. The van der Waals surface area contributed by atoms with Crippen LogP contribution in [0.1, 0.15) is 32.1 Å². The van der Waals surface area contributed by atoms with Gasteiger partial charge in [-0.2, -0.15) is 5.26 Å². The van der Waals surface area contributed by atoms with Gasteiger partial charge in [-0.3, -0.25) is 0 Å². The molecule has 62 valence electrons. The van der Waals surface area contributed by atoms with Crippen molar-refractivity contribution in [3.05, 3.63) is 0 Å². The minimum atomic E-state index is 0.741. The predicted octanol–water partition coefficient (Wildman–Crippen LogP) is 3.22. The summed E-state index contributed by atoms with van der Waals surface area (Å²) >= 11 is 0. The lowest BCUT2D eigenvalue weighted by Gasteiger charge is -2.04. The molecule has 1 nitrogen and oxygen atoms in total. The second-order valence-corrected chi connectivity index (χ2v) is 5.52. The van der Waals surface area contributed by atoms with Crippen molar-refractivity contribution in [2.24, 2.45) is 0 Å². The van der Waals surface area contributed by atoms with Crippen molar-refractivity contribution in [2.75, 3.05) is 5.75 Å². The smallest absolute Gasteiger partial charge is 0.0621 e. The van der Waals surface area contributed by atoms with Gasteiger partial charge in [0.2, 0.25) is 0 Å². The van der Waals surface area contributed by atoms with Crippen LogP contribution in [0.4, 0.5) is 0 Å². The van der Waals surface area contributed by atoms with E-state index in [1.54, 1.807) is 0 Å². The van der Waals surface area contributed by atoms with Gasteiger partial charge in [0.1, 0.15) is 0 Å². The molecule has 0 spiro atoms. The zero-order valence-corrected chi connectivity index (χ0v) is 8.22. The Balaban J connectivity index is 1.90. The maximum atomic E-state index is 8.30. The number of unbranched alkanes of at least 4 members (excludes halogenated alkanes) is 2. The SMILES string of the molecule is N#CCCCC[C@@H]1CCSS1. The first-order valence-corrected chi connectivity index (χ1v) is 6.47. The molecule has 0 aromatic rings. The van der Waals surface area contributed by atoms with Crippen LogP contribution in [0.2, 0.25) is 0 Å². The maximum absolute atomic E-state index is 8.30. The molecule has 0 unspecified atom stereocenters. The first-order chi connectivity index (χ1) is 5.43. The van der Waals surface area contributed by atoms with Crippen molar-refractivity contribution < 1.29 is 0 Å². The molecular weight excluding hydrogens is 174 g/mol. The van der Waals surface area contributed by atoms with Crippen LogP contribution in [-0.2, 0) is 0 Å². The van der Waals surface area contributed by atoms with Gasteiger partial charge in [-0.15, -0.1) is 0 Å². The summed E-state index contributed by atoms with van der Waals surface area (Å²) in [6.07, 6.45) is 5.77. The van der Waals surface area contributed by atoms with Crippen LogP contribution < -0.4 is 0 Å². The number of nitrogens with zero attached hydrogens (tertiary/aromatic N) is 1. The summed E-state index contributed by atoms with van der Waals surface area (Å²) in [6.45, 7) is 0. The standard InChI is InChI=1S/C8H13NS2/c9-6-3-1-2-4-8-5-7-10-11-8/h8H,1-5,7H2/t8-/m1/s1. The Kier molecular flexibility index (Phi) is 4.89. The largest absolute Gasteiger partial charge is 0.198 e. The number of hydrogen-bond acceptors (Lipinski definition) is 3. The molecule has 0 radical (unpaired) electrons. The topological polar surface area (TPSA) is 23.8 Å². The van der Waals surface area contributed by atoms with Crippen LogP contribution in [0, 0.1) is 11.3 Å². The zero-order valence-electron chi connectivity index (χ0n) is 6.58. The molecule has 0 aromatic carbocycles. The van der Waals surface area contributed by atoms with E-state index in [0.717, 1.165) is 18.1 Å². The van der Waals surface area contributed by atoms with E-state index in [2.05, 4.69) is 6.07 Å². The predicted molar refractivity (Wildman–Crippen MR) is 52.5 cm³/mol. The van der Waals surface area contributed by atoms with Gasteiger partial charge in [-0.05, 0) is 19.3 Å². The van der Waals surface area contributed by atoms with Crippen molar-refractivity contribution in [2.45, 2.75) is 37.4 Å². The Hall–Kier alpha value is 0.190. The van der Waals surface area contributed by atoms with E-state index in [1.165, 1.54) is 25.0 Å². The second kappa shape index (κ2) is 5.79. The van der Waals surface area contributed by atoms with Gasteiger partial charge < -0.3 is 0 Å². The lowest BCUT2D eigenvalue weighted by molar-refractivity contribution is 0.659. The molecule has 1 saturated heterocycles. The van der Waals surface area contributed by atoms with Crippen molar-refractivity contribution >= 4 is 21.6 Å². The van der Waals surface area contributed by atoms with Crippen molar-refractivity contribution in [1.82, 2.24) is 0 Å². The highest BCUT2D eigenvalue weighted by atomic mass is 33.1. The molecule has 0 N–H and O–H groups in total. The molecule has 1 fully saturated rings. The molecule has 0 amide bonds. The molecule has 1 aliphatic heterocycles. The third kappa shape index (κ3) is 3.93. The Morgan fingerprint density at radius 3 is 3.00 bits per heavy atom. The second-order valence-electron chi connectivity index (χ2n) is 2.73. The zero-order chi connectivity index (χ0) is 7.94. The van der Waals surface area contributed by atoms with Gasteiger partial charge in [0.25, 0.3) is 0 Å². The third-order valence-corrected chi connectivity index (χ3v) is 4.80. The van der Waals surface area contributed by atoms with Gasteiger partial charge in [0.05, 0.1) is 6.07 Å². The van der Waals surface area contributed by atoms with Gasteiger partial charge >= 0.3 is 0 Å². The summed E-state index contributed by atoms with van der Waals surface area (Å²) < 4.78 is 0. The third-order valence-electron chi connectivity index (χ3n) is 1.79. The van der Waals surface area contributed by atoms with Crippen molar-refractivity contribution in [1.29, 1.82) is 5.26 Å². The monoisotopic (exact) mass is 187 g/mol. The molecule has 0 aromatic heterocycles. The van der Waals surface area contributed by atoms with Gasteiger partial charge in [0, 0.05) is 17.4 Å². The minimum Gasteiger partial charge on any atom is -0.198 e. The molecule has 11 heavy (non-hydrogen) atoms. The molecule has 0 aliphatic carbocycles. The summed E-state index contributed by atoms with van der Waals surface area (Å²) in [5.74, 6) is 1.33. The Morgan fingerprint density at radius 2 is 2.36 bits per heavy atom. The number of rotatable bonds is 4. The van der Waals surface area contributed by atoms with Crippen molar-refractivity contribution in [3.8, 4) is 6.07 Å². The Morgan fingerprint density at radius 1 is 1.45 bits per heavy atom. The fourth-order valence-electron chi connectivity index (χ4n) is 1.14. The summed E-state index contributed by atoms with van der Waals surface area (Å²) in [5, 5.41) is 9.19. The highest BCUT2D eigenvalue weighted by molar-refractivity contribution is 8.77. The summed E-state index contributed by atoms with van der Waals surface area (Å²) in [6, 6.07) is 2.18. The lowest BCUT2D eigenvalue weighted by atomic mass is 10.1. The fraction of sp³-hybridized carbons (Fsp3) is 0.875. The highest BCUT2D eigenvalue weighted by Crippen LogP contribution is 2.39. The number of nitriles is 1. The highest BCUT2D eigenvalue weighted by Gasteiger charge is 2.15. The summed E-state index contributed by atoms with van der Waals surface area (Å²) in [5.41, 5.74) is 0. The van der Waals surface area contributed by atoms with Crippen LogP contribution >= 0.6 is 21.6 Å². The molecule has 0 bridgehead atoms.